The van der Waals surface area contributed by atoms with Gasteiger partial charge in [0.25, 0.3) is 5.91 Å². The molecule has 1 fully saturated rings. The molecule has 5 heteroatoms. The number of anilines is 2. The van der Waals surface area contributed by atoms with E-state index in [4.69, 9.17) is 5.73 Å². The van der Waals surface area contributed by atoms with Crippen LogP contribution >= 0.6 is 0 Å². The summed E-state index contributed by atoms with van der Waals surface area (Å²) in [6.07, 6.45) is 2.02. The Bertz CT molecular complexity index is 839. The smallest absolute Gasteiger partial charge is 0.255 e. The number of nitrogens with zero attached hydrogens (tertiary/aromatic N) is 1. The summed E-state index contributed by atoms with van der Waals surface area (Å²) >= 11 is 0. The van der Waals surface area contributed by atoms with Crippen molar-refractivity contribution in [1.29, 1.82) is 0 Å². The third-order valence-corrected chi connectivity index (χ3v) is 5.26. The summed E-state index contributed by atoms with van der Waals surface area (Å²) in [4.78, 5) is 27.5. The lowest BCUT2D eigenvalue weighted by Gasteiger charge is -2.35. The van der Waals surface area contributed by atoms with E-state index < -0.39 is 0 Å². The van der Waals surface area contributed by atoms with Crippen LogP contribution in [0.5, 0.6) is 0 Å². The number of hydrogen-bond donors (Lipinski definition) is 2. The maximum Gasteiger partial charge on any atom is 0.255 e. The van der Waals surface area contributed by atoms with Gasteiger partial charge in [0.15, 0.2) is 0 Å². The number of rotatable bonds is 5. The first-order valence-electron chi connectivity index (χ1n) is 9.95. The van der Waals surface area contributed by atoms with Crippen LogP contribution in [0.4, 0.5) is 11.4 Å². The summed E-state index contributed by atoms with van der Waals surface area (Å²) in [6, 6.07) is 14.8. The number of carbonyl (C=O) groups is 2. The van der Waals surface area contributed by atoms with Crippen LogP contribution in [0.25, 0.3) is 0 Å². The van der Waals surface area contributed by atoms with Crippen LogP contribution in [0.2, 0.25) is 0 Å². The molecule has 0 aromatic heterocycles. The molecule has 1 heterocycles. The van der Waals surface area contributed by atoms with Crippen molar-refractivity contribution in [1.82, 2.24) is 4.90 Å². The average molecular weight is 380 g/mol. The molecule has 2 amide bonds. The van der Waals surface area contributed by atoms with Gasteiger partial charge in [-0.15, -0.1) is 0 Å². The Morgan fingerprint density at radius 2 is 1.68 bits per heavy atom. The Labute approximate surface area is 166 Å². The van der Waals surface area contributed by atoms with Crippen LogP contribution in [0.15, 0.2) is 48.5 Å². The molecule has 0 spiro atoms. The average Bonchev–Trinajstić information content (AvgIpc) is 2.66. The van der Waals surface area contributed by atoms with E-state index in [9.17, 15) is 9.59 Å². The quantitative estimate of drug-likeness (QED) is 0.772. The highest BCUT2D eigenvalue weighted by molar-refractivity contribution is 6.03. The van der Waals surface area contributed by atoms with Crippen molar-refractivity contribution in [2.24, 2.45) is 11.8 Å². The van der Waals surface area contributed by atoms with Crippen molar-refractivity contribution in [2.75, 3.05) is 24.1 Å². The van der Waals surface area contributed by atoms with E-state index in [1.54, 1.807) is 12.1 Å². The molecule has 1 aliphatic heterocycles. The maximum atomic E-state index is 13.1. The second-order valence-corrected chi connectivity index (χ2v) is 7.95. The van der Waals surface area contributed by atoms with Gasteiger partial charge in [-0.2, -0.15) is 0 Å². The van der Waals surface area contributed by atoms with Crippen molar-refractivity contribution in [3.8, 4) is 0 Å². The fraction of sp³-hybridized carbons (Fsp3) is 0.391. The Morgan fingerprint density at radius 3 is 2.39 bits per heavy atom. The SMILES string of the molecule is CC1CC(C)CN(C(=O)c2ccccc2NC(=O)CCc2ccccc2N)C1. The fourth-order valence-electron chi connectivity index (χ4n) is 4.00. The lowest BCUT2D eigenvalue weighted by Crippen LogP contribution is -2.42. The number of nitrogen functional groups attached to an aromatic ring is 1. The van der Waals surface area contributed by atoms with E-state index in [1.807, 2.05) is 41.3 Å². The molecule has 0 radical (unpaired) electrons. The van der Waals surface area contributed by atoms with Gasteiger partial charge in [-0.1, -0.05) is 44.2 Å². The molecule has 1 aliphatic rings. The standard InChI is InChI=1S/C23H29N3O2/c1-16-13-17(2)15-26(14-16)23(28)19-8-4-6-10-21(19)25-22(27)12-11-18-7-3-5-9-20(18)24/h3-10,16-17H,11-15,24H2,1-2H3,(H,25,27). The first-order valence-corrected chi connectivity index (χ1v) is 9.95. The zero-order valence-electron chi connectivity index (χ0n) is 16.7. The van der Waals surface area contributed by atoms with Crippen molar-refractivity contribution >= 4 is 23.2 Å². The highest BCUT2D eigenvalue weighted by atomic mass is 16.2. The van der Waals surface area contributed by atoms with Crippen LogP contribution in [-0.2, 0) is 11.2 Å². The lowest BCUT2D eigenvalue weighted by molar-refractivity contribution is -0.116. The van der Waals surface area contributed by atoms with Gasteiger partial charge in [0.1, 0.15) is 0 Å². The molecule has 3 N–H and O–H groups in total. The number of benzene rings is 2. The Kier molecular flexibility index (Phi) is 6.34. The second-order valence-electron chi connectivity index (χ2n) is 7.95. The van der Waals surface area contributed by atoms with Crippen molar-refractivity contribution in [2.45, 2.75) is 33.1 Å². The Hall–Kier alpha value is -2.82. The van der Waals surface area contributed by atoms with Gasteiger partial charge >= 0.3 is 0 Å². The Morgan fingerprint density at radius 1 is 1.04 bits per heavy atom. The summed E-state index contributed by atoms with van der Waals surface area (Å²) in [7, 11) is 0. The number of carbonyl (C=O) groups excluding carboxylic acids is 2. The molecule has 1 saturated heterocycles. The van der Waals surface area contributed by atoms with Gasteiger partial charge in [-0.25, -0.2) is 0 Å². The maximum absolute atomic E-state index is 13.1. The molecule has 0 aliphatic carbocycles. The zero-order valence-corrected chi connectivity index (χ0v) is 16.7. The van der Waals surface area contributed by atoms with Crippen LogP contribution in [0.1, 0.15) is 42.6 Å². The molecule has 2 aromatic carbocycles. The molecule has 3 rings (SSSR count). The second kappa shape index (κ2) is 8.91. The summed E-state index contributed by atoms with van der Waals surface area (Å²) in [5.74, 6) is 0.849. The van der Waals surface area contributed by atoms with Gasteiger partial charge in [0, 0.05) is 25.2 Å². The number of para-hydroxylation sites is 2. The third kappa shape index (κ3) is 4.91. The van der Waals surface area contributed by atoms with Gasteiger partial charge < -0.3 is 16.0 Å². The van der Waals surface area contributed by atoms with Gasteiger partial charge in [0.2, 0.25) is 5.91 Å². The van der Waals surface area contributed by atoms with E-state index in [2.05, 4.69) is 19.2 Å². The molecule has 0 bridgehead atoms. The predicted molar refractivity (Wildman–Crippen MR) is 113 cm³/mol. The van der Waals surface area contributed by atoms with E-state index >= 15 is 0 Å². The van der Waals surface area contributed by atoms with Crippen LogP contribution in [0.3, 0.4) is 0 Å². The first-order chi connectivity index (χ1) is 13.4. The summed E-state index contributed by atoms with van der Waals surface area (Å²) in [5.41, 5.74) is 8.72. The molecule has 2 unspecified atom stereocenters. The molecule has 0 saturated carbocycles. The summed E-state index contributed by atoms with van der Waals surface area (Å²) in [6.45, 7) is 5.88. The molecular weight excluding hydrogens is 350 g/mol. The third-order valence-electron chi connectivity index (χ3n) is 5.26. The molecule has 5 nitrogen and oxygen atoms in total. The number of likely N-dealkylation sites (tertiary alicyclic amines) is 1. The summed E-state index contributed by atoms with van der Waals surface area (Å²) < 4.78 is 0. The molecule has 148 valence electrons. The number of nitrogens with one attached hydrogen (secondary N) is 1. The highest BCUT2D eigenvalue weighted by Crippen LogP contribution is 2.25. The van der Waals surface area contributed by atoms with E-state index in [-0.39, 0.29) is 11.8 Å². The Balaban J connectivity index is 1.67. The van der Waals surface area contributed by atoms with Gasteiger partial charge in [-0.3, -0.25) is 9.59 Å². The minimum Gasteiger partial charge on any atom is -0.399 e. The van der Waals surface area contributed by atoms with Gasteiger partial charge in [0.05, 0.1) is 11.3 Å². The molecule has 28 heavy (non-hydrogen) atoms. The first kappa shape index (κ1) is 19.9. The van der Waals surface area contributed by atoms with E-state index in [1.165, 1.54) is 0 Å². The van der Waals surface area contributed by atoms with Gasteiger partial charge in [-0.05, 0) is 48.4 Å². The highest BCUT2D eigenvalue weighted by Gasteiger charge is 2.27. The normalized spacial score (nSPS) is 19.3. The number of piperidine rings is 1. The molecule has 2 aromatic rings. The minimum absolute atomic E-state index is 0.0124. The molecule has 2 atom stereocenters. The van der Waals surface area contributed by atoms with Crippen LogP contribution < -0.4 is 11.1 Å². The fourth-order valence-corrected chi connectivity index (χ4v) is 4.00. The number of aryl methyl sites for hydroxylation is 1. The number of hydrogen-bond acceptors (Lipinski definition) is 3. The predicted octanol–water partition coefficient (Wildman–Crippen LogP) is 3.96. The summed E-state index contributed by atoms with van der Waals surface area (Å²) in [5, 5.41) is 2.92. The monoisotopic (exact) mass is 379 g/mol. The van der Waals surface area contributed by atoms with Crippen LogP contribution in [0, 0.1) is 11.8 Å². The van der Waals surface area contributed by atoms with E-state index in [0.717, 1.165) is 25.1 Å². The van der Waals surface area contributed by atoms with Crippen molar-refractivity contribution in [3.05, 3.63) is 59.7 Å². The topological polar surface area (TPSA) is 75.4 Å². The van der Waals surface area contributed by atoms with E-state index in [0.29, 0.717) is 41.6 Å². The number of amides is 2. The van der Waals surface area contributed by atoms with Crippen LogP contribution in [-0.4, -0.2) is 29.8 Å². The number of nitrogens with two attached hydrogens (primary N) is 1. The lowest BCUT2D eigenvalue weighted by atomic mass is 9.91. The zero-order chi connectivity index (χ0) is 20.1. The molecular formula is C23H29N3O2. The van der Waals surface area contributed by atoms with Crippen molar-refractivity contribution < 1.29 is 9.59 Å². The largest absolute Gasteiger partial charge is 0.399 e. The minimum atomic E-state index is -0.121. The van der Waals surface area contributed by atoms with Crippen molar-refractivity contribution in [3.63, 3.8) is 0 Å².